The Kier molecular flexibility index (Phi) is 7.92. The van der Waals surface area contributed by atoms with Crippen LogP contribution in [0.25, 0.3) is 0 Å². The first-order valence-corrected chi connectivity index (χ1v) is 13.2. The van der Waals surface area contributed by atoms with Crippen molar-refractivity contribution in [2.45, 2.75) is 57.6 Å². The third-order valence-electron chi connectivity index (χ3n) is 7.81. The Morgan fingerprint density at radius 2 is 1.94 bits per heavy atom. The number of carbonyl (C=O) groups is 2. The van der Waals surface area contributed by atoms with Crippen molar-refractivity contribution < 1.29 is 28.9 Å². The molecule has 2 aromatic rings. The van der Waals surface area contributed by atoms with E-state index in [2.05, 4.69) is 10.2 Å². The number of aryl methyl sites for hydroxylation is 1. The number of fused-ring (bicyclic) bond motifs is 1. The zero-order valence-corrected chi connectivity index (χ0v) is 22.5. The molecule has 0 unspecified atom stereocenters. The SMILES string of the molecule is COC(=O)c1c(NC(=O)CN2CC[C@]3(O)CCCC[C@@H]3[C@H]2c2ccc(OC)cc2OC)sc(C)c1C. The van der Waals surface area contributed by atoms with Gasteiger partial charge in [-0.15, -0.1) is 11.3 Å². The van der Waals surface area contributed by atoms with Gasteiger partial charge in [-0.2, -0.15) is 0 Å². The molecule has 9 heteroatoms. The highest BCUT2D eigenvalue weighted by Crippen LogP contribution is 2.51. The second-order valence-corrected chi connectivity index (χ2v) is 11.0. The molecule has 1 aromatic carbocycles. The minimum Gasteiger partial charge on any atom is -0.497 e. The number of anilines is 1. The third-order valence-corrected chi connectivity index (χ3v) is 8.93. The molecule has 0 radical (unpaired) electrons. The fourth-order valence-corrected chi connectivity index (χ4v) is 6.87. The summed E-state index contributed by atoms with van der Waals surface area (Å²) in [4.78, 5) is 28.8. The molecule has 2 aliphatic rings. The Bertz CT molecular complexity index is 1130. The lowest BCUT2D eigenvalue weighted by Gasteiger charge is -2.52. The van der Waals surface area contributed by atoms with Crippen molar-refractivity contribution >= 4 is 28.2 Å². The minimum atomic E-state index is -0.763. The molecule has 4 rings (SSSR count). The van der Waals surface area contributed by atoms with E-state index in [1.54, 1.807) is 14.2 Å². The van der Waals surface area contributed by atoms with Crippen LogP contribution in [0.2, 0.25) is 0 Å². The quantitative estimate of drug-likeness (QED) is 0.524. The number of ether oxygens (including phenoxy) is 3. The van der Waals surface area contributed by atoms with Crippen molar-refractivity contribution in [3.8, 4) is 11.5 Å². The van der Waals surface area contributed by atoms with Crippen LogP contribution >= 0.6 is 11.3 Å². The molecule has 1 aliphatic carbocycles. The monoisotopic (exact) mass is 516 g/mol. The van der Waals surface area contributed by atoms with Crippen molar-refractivity contribution in [3.63, 3.8) is 0 Å². The van der Waals surface area contributed by atoms with Gasteiger partial charge in [-0.25, -0.2) is 4.79 Å². The van der Waals surface area contributed by atoms with Gasteiger partial charge in [-0.1, -0.05) is 18.9 Å². The van der Waals surface area contributed by atoms with Gasteiger partial charge in [0.05, 0.1) is 39.0 Å². The number of hydrogen-bond donors (Lipinski definition) is 2. The van der Waals surface area contributed by atoms with Gasteiger partial charge in [0.15, 0.2) is 0 Å². The lowest BCUT2D eigenvalue weighted by molar-refractivity contribution is -0.135. The molecule has 2 fully saturated rings. The Morgan fingerprint density at radius 3 is 2.64 bits per heavy atom. The topological polar surface area (TPSA) is 97.3 Å². The van der Waals surface area contributed by atoms with Crippen molar-refractivity contribution in [1.82, 2.24) is 4.90 Å². The van der Waals surface area contributed by atoms with Gasteiger partial charge < -0.3 is 24.6 Å². The van der Waals surface area contributed by atoms with Crippen molar-refractivity contribution in [2.24, 2.45) is 5.92 Å². The Morgan fingerprint density at radius 1 is 1.17 bits per heavy atom. The molecule has 1 amide bonds. The average Bonchev–Trinajstić information content (AvgIpc) is 3.15. The first-order valence-electron chi connectivity index (χ1n) is 12.4. The lowest BCUT2D eigenvalue weighted by Crippen LogP contribution is -2.56. The van der Waals surface area contributed by atoms with Gasteiger partial charge >= 0.3 is 5.97 Å². The summed E-state index contributed by atoms with van der Waals surface area (Å²) in [5, 5.41) is 15.1. The lowest BCUT2D eigenvalue weighted by atomic mass is 9.66. The number of nitrogens with zero attached hydrogens (tertiary/aromatic N) is 1. The van der Waals surface area contributed by atoms with Gasteiger partial charge in [0.25, 0.3) is 0 Å². The maximum Gasteiger partial charge on any atom is 0.341 e. The van der Waals surface area contributed by atoms with Crippen LogP contribution in [0.15, 0.2) is 18.2 Å². The molecule has 36 heavy (non-hydrogen) atoms. The van der Waals surface area contributed by atoms with E-state index in [4.69, 9.17) is 14.2 Å². The first kappa shape index (κ1) is 26.4. The van der Waals surface area contributed by atoms with E-state index in [1.165, 1.54) is 18.4 Å². The Labute approximate surface area is 216 Å². The number of piperidine rings is 1. The highest BCUT2D eigenvalue weighted by atomic mass is 32.1. The Hall–Kier alpha value is -2.62. The van der Waals surface area contributed by atoms with Gasteiger partial charge in [-0.3, -0.25) is 9.69 Å². The van der Waals surface area contributed by atoms with Gasteiger partial charge in [-0.05, 0) is 44.7 Å². The number of benzene rings is 1. The second kappa shape index (κ2) is 10.8. The normalized spacial score (nSPS) is 24.1. The number of thiophene rings is 1. The number of esters is 1. The van der Waals surface area contributed by atoms with E-state index in [-0.39, 0.29) is 24.4 Å². The number of nitrogens with one attached hydrogen (secondary N) is 1. The molecule has 196 valence electrons. The molecule has 8 nitrogen and oxygen atoms in total. The van der Waals surface area contributed by atoms with Crippen molar-refractivity contribution in [2.75, 3.05) is 39.7 Å². The van der Waals surface area contributed by atoms with Crippen LogP contribution in [-0.4, -0.2) is 61.9 Å². The average molecular weight is 517 g/mol. The van der Waals surface area contributed by atoms with Crippen LogP contribution in [0, 0.1) is 19.8 Å². The summed E-state index contributed by atoms with van der Waals surface area (Å²) in [5.74, 6) is 0.677. The molecule has 1 aromatic heterocycles. The van der Waals surface area contributed by atoms with E-state index in [9.17, 15) is 14.7 Å². The minimum absolute atomic E-state index is 0.0213. The van der Waals surface area contributed by atoms with Crippen LogP contribution < -0.4 is 14.8 Å². The fourth-order valence-electron chi connectivity index (χ4n) is 5.81. The second-order valence-electron chi connectivity index (χ2n) is 9.76. The number of carbonyl (C=O) groups excluding carboxylic acids is 2. The number of aliphatic hydroxyl groups is 1. The summed E-state index contributed by atoms with van der Waals surface area (Å²) in [5.41, 5.74) is 1.39. The highest BCUT2D eigenvalue weighted by Gasteiger charge is 2.50. The molecular weight excluding hydrogens is 480 g/mol. The first-order chi connectivity index (χ1) is 17.2. The zero-order valence-electron chi connectivity index (χ0n) is 21.7. The van der Waals surface area contributed by atoms with Crippen LogP contribution in [-0.2, 0) is 9.53 Å². The predicted octanol–water partition coefficient (Wildman–Crippen LogP) is 4.48. The maximum atomic E-state index is 13.3. The summed E-state index contributed by atoms with van der Waals surface area (Å²) in [6.45, 7) is 4.48. The summed E-state index contributed by atoms with van der Waals surface area (Å²) in [6, 6.07) is 5.54. The van der Waals surface area contributed by atoms with E-state index >= 15 is 0 Å². The van der Waals surface area contributed by atoms with Crippen LogP contribution in [0.4, 0.5) is 5.00 Å². The number of rotatable bonds is 7. The number of methoxy groups -OCH3 is 3. The van der Waals surface area contributed by atoms with E-state index in [1.807, 2.05) is 32.0 Å². The van der Waals surface area contributed by atoms with Gasteiger partial charge in [0.2, 0.25) is 5.91 Å². The third kappa shape index (κ3) is 4.96. The molecule has 2 heterocycles. The van der Waals surface area contributed by atoms with Gasteiger partial charge in [0, 0.05) is 35.0 Å². The molecule has 2 N–H and O–H groups in total. The summed E-state index contributed by atoms with van der Waals surface area (Å²) < 4.78 is 16.1. The van der Waals surface area contributed by atoms with Crippen molar-refractivity contribution in [1.29, 1.82) is 0 Å². The van der Waals surface area contributed by atoms with Gasteiger partial charge in [0.1, 0.15) is 16.5 Å². The largest absolute Gasteiger partial charge is 0.497 e. The predicted molar refractivity (Wildman–Crippen MR) is 139 cm³/mol. The number of hydrogen-bond acceptors (Lipinski definition) is 8. The molecule has 0 spiro atoms. The number of amides is 1. The van der Waals surface area contributed by atoms with Crippen LogP contribution in [0.1, 0.15) is 64.5 Å². The number of likely N-dealkylation sites (tertiary alicyclic amines) is 1. The molecule has 1 saturated heterocycles. The van der Waals surface area contributed by atoms with E-state index in [0.717, 1.165) is 41.7 Å². The maximum absolute atomic E-state index is 13.3. The standard InChI is InChI=1S/C27H36N2O6S/c1-16-17(2)36-25(23(16)26(31)35-5)28-22(30)15-29-13-12-27(32)11-7-6-8-20(27)24(29)19-10-9-18(33-3)14-21(19)34-4/h9-10,14,20,24,32H,6-8,11-13,15H2,1-5H3,(H,28,30)/t20-,24-,27-/m1/s1. The molecule has 1 aliphatic heterocycles. The smallest absolute Gasteiger partial charge is 0.341 e. The van der Waals surface area contributed by atoms with Crippen LogP contribution in [0.5, 0.6) is 11.5 Å². The highest BCUT2D eigenvalue weighted by molar-refractivity contribution is 7.16. The zero-order chi connectivity index (χ0) is 26.0. The molecule has 1 saturated carbocycles. The van der Waals surface area contributed by atoms with Crippen molar-refractivity contribution in [3.05, 3.63) is 39.8 Å². The molecule has 3 atom stereocenters. The summed E-state index contributed by atoms with van der Waals surface area (Å²) >= 11 is 1.37. The van der Waals surface area contributed by atoms with E-state index < -0.39 is 11.6 Å². The Balaban J connectivity index is 1.65. The fraction of sp³-hybridized carbons (Fsp3) is 0.556. The van der Waals surface area contributed by atoms with Crippen LogP contribution in [0.3, 0.4) is 0 Å². The molecule has 0 bridgehead atoms. The summed E-state index contributed by atoms with van der Waals surface area (Å²) in [7, 11) is 4.58. The summed E-state index contributed by atoms with van der Waals surface area (Å²) in [6.07, 6.45) is 4.31. The molecular formula is C27H36N2O6S. The van der Waals surface area contributed by atoms with E-state index in [0.29, 0.717) is 35.0 Å².